The first kappa shape index (κ1) is 25.0. The van der Waals surface area contributed by atoms with Gasteiger partial charge in [0.1, 0.15) is 0 Å². The van der Waals surface area contributed by atoms with Crippen LogP contribution >= 0.6 is 46.6 Å². The van der Waals surface area contributed by atoms with Gasteiger partial charge in [0.15, 0.2) is 0 Å². The topological polar surface area (TPSA) is 110 Å². The van der Waals surface area contributed by atoms with Crippen LogP contribution in [0.4, 0.5) is 24.8 Å². The molecule has 1 amide bonds. The number of nitrogens with two attached hydrogens (primary N) is 1. The van der Waals surface area contributed by atoms with Crippen LogP contribution in [0.15, 0.2) is 46.7 Å². The van der Waals surface area contributed by atoms with Crippen LogP contribution in [0.1, 0.15) is 11.1 Å². The maximum Gasteiger partial charge on any atom is 0.416 e. The van der Waals surface area contributed by atoms with Crippen LogP contribution in [-0.2, 0) is 11.0 Å². The van der Waals surface area contributed by atoms with E-state index in [1.165, 1.54) is 6.21 Å². The van der Waals surface area contributed by atoms with Crippen molar-refractivity contribution >= 4 is 70.3 Å². The lowest BCUT2D eigenvalue weighted by atomic mass is 10.2. The molecule has 0 radical (unpaired) electrons. The number of hydrogen-bond acceptors (Lipinski definition) is 7. The van der Waals surface area contributed by atoms with Crippen LogP contribution in [0.25, 0.3) is 0 Å². The van der Waals surface area contributed by atoms with Crippen molar-refractivity contribution < 1.29 is 18.0 Å². The molecule has 4 N–H and O–H groups in total. The molecule has 1 aromatic heterocycles. The first-order valence-electron chi connectivity index (χ1n) is 8.78. The molecule has 0 atom stereocenters. The number of halogens is 6. The van der Waals surface area contributed by atoms with Gasteiger partial charge in [-0.1, -0.05) is 52.6 Å². The van der Waals surface area contributed by atoms with Gasteiger partial charge in [-0.15, -0.1) is 10.2 Å². The van der Waals surface area contributed by atoms with Crippen molar-refractivity contribution in [2.45, 2.75) is 11.3 Å². The van der Waals surface area contributed by atoms with Crippen molar-refractivity contribution in [3.63, 3.8) is 0 Å². The molecular weight excluding hydrogens is 526 g/mol. The molecule has 33 heavy (non-hydrogen) atoms. The van der Waals surface area contributed by atoms with E-state index in [1.54, 1.807) is 18.2 Å². The summed E-state index contributed by atoms with van der Waals surface area (Å²) in [5.74, 6) is 5.11. The van der Waals surface area contributed by atoms with E-state index in [2.05, 4.69) is 26.0 Å². The van der Waals surface area contributed by atoms with Crippen LogP contribution < -0.4 is 16.6 Å². The molecule has 0 aliphatic carbocycles. The highest BCUT2D eigenvalue weighted by Crippen LogP contribution is 2.34. The number of thioether (sulfide) groups is 1. The van der Waals surface area contributed by atoms with Crippen molar-refractivity contribution in [2.24, 2.45) is 5.10 Å². The van der Waals surface area contributed by atoms with E-state index < -0.39 is 17.6 Å². The molecule has 8 nitrogen and oxygen atoms in total. The number of nitrogen functional groups attached to an aromatic ring is 1. The van der Waals surface area contributed by atoms with Gasteiger partial charge < -0.3 is 11.2 Å². The number of hydrazone groups is 1. The lowest BCUT2D eigenvalue weighted by Crippen LogP contribution is -2.17. The second-order valence-corrected chi connectivity index (χ2v) is 8.43. The van der Waals surface area contributed by atoms with Gasteiger partial charge in [-0.25, -0.2) is 10.1 Å². The minimum atomic E-state index is -4.57. The Labute approximate surface area is 204 Å². The highest BCUT2D eigenvalue weighted by Gasteiger charge is 2.31. The smallest absolute Gasteiger partial charge is 0.334 e. The number of nitrogens with one attached hydrogen (secondary N) is 2. The summed E-state index contributed by atoms with van der Waals surface area (Å²) in [7, 11) is 0. The third-order valence-electron chi connectivity index (χ3n) is 3.90. The van der Waals surface area contributed by atoms with Gasteiger partial charge in [-0.2, -0.15) is 18.3 Å². The van der Waals surface area contributed by atoms with E-state index in [4.69, 9.17) is 40.6 Å². The summed E-state index contributed by atoms with van der Waals surface area (Å²) < 4.78 is 39.6. The predicted octanol–water partition coefficient (Wildman–Crippen LogP) is 5.15. The lowest BCUT2D eigenvalue weighted by Gasteiger charge is -2.11. The molecule has 0 fully saturated rings. The number of carbonyl (C=O) groups excluding carboxylic acids is 1. The minimum absolute atomic E-state index is 0.0338. The molecule has 174 valence electrons. The quantitative estimate of drug-likeness (QED) is 0.166. The molecule has 0 aliphatic rings. The SMILES string of the molecule is Nn1c(N/N=C/c2ccc(Cl)cc2Cl)nnc1SCC(=O)Nc1cc(C(F)(F)F)ccc1Cl. The van der Waals surface area contributed by atoms with Gasteiger partial charge in [-0.3, -0.25) is 4.79 Å². The number of rotatable bonds is 7. The highest BCUT2D eigenvalue weighted by molar-refractivity contribution is 7.99. The molecule has 0 spiro atoms. The maximum atomic E-state index is 12.9. The van der Waals surface area contributed by atoms with Crippen LogP contribution in [0.2, 0.25) is 15.1 Å². The molecule has 1 heterocycles. The highest BCUT2D eigenvalue weighted by atomic mass is 35.5. The molecule has 0 saturated heterocycles. The largest absolute Gasteiger partial charge is 0.416 e. The van der Waals surface area contributed by atoms with E-state index in [0.717, 1.165) is 34.6 Å². The number of aromatic nitrogens is 3. The van der Waals surface area contributed by atoms with Crippen LogP contribution in [0.5, 0.6) is 0 Å². The molecule has 3 aromatic rings. The number of hydrogen-bond donors (Lipinski definition) is 3. The molecule has 0 saturated carbocycles. The fraction of sp³-hybridized carbons (Fsp3) is 0.111. The summed E-state index contributed by atoms with van der Waals surface area (Å²) in [4.78, 5) is 12.2. The average Bonchev–Trinajstić information content (AvgIpc) is 3.08. The van der Waals surface area contributed by atoms with Crippen molar-refractivity contribution in [1.82, 2.24) is 14.9 Å². The summed E-state index contributed by atoms with van der Waals surface area (Å²) in [5, 5.41) is 14.9. The molecule has 2 aromatic carbocycles. The first-order chi connectivity index (χ1) is 15.5. The van der Waals surface area contributed by atoms with E-state index in [-0.39, 0.29) is 27.6 Å². The molecule has 0 aliphatic heterocycles. The number of alkyl halides is 3. The standard InChI is InChI=1S/C18H13Cl3F3N7OS/c19-11-3-1-9(13(21)6-11)7-26-28-16-29-30-17(31(16)25)33-8-15(32)27-14-5-10(18(22,23)24)2-4-12(14)20/h1-7H,8,25H2,(H,27,32)(H,28,29)/b26-7+. The molecule has 3 rings (SSSR count). The zero-order valence-electron chi connectivity index (χ0n) is 16.2. The van der Waals surface area contributed by atoms with Crippen molar-refractivity contribution in [3.05, 3.63) is 62.6 Å². The third kappa shape index (κ3) is 6.67. The fourth-order valence-corrected chi connectivity index (χ4v) is 3.61. The Hall–Kier alpha value is -2.67. The van der Waals surface area contributed by atoms with Gasteiger partial charge in [0, 0.05) is 10.6 Å². The molecule has 0 unspecified atom stereocenters. The molecule has 0 bridgehead atoms. The molecule has 15 heteroatoms. The van der Waals surface area contributed by atoms with Crippen LogP contribution in [-0.4, -0.2) is 32.7 Å². The van der Waals surface area contributed by atoms with Crippen molar-refractivity contribution in [3.8, 4) is 0 Å². The molecular formula is C18H13Cl3F3N7OS. The van der Waals surface area contributed by atoms with Crippen LogP contribution in [0.3, 0.4) is 0 Å². The summed E-state index contributed by atoms with van der Waals surface area (Å²) in [5.41, 5.74) is 2.08. The van der Waals surface area contributed by atoms with Gasteiger partial charge in [0.25, 0.3) is 5.95 Å². The Kier molecular flexibility index (Phi) is 7.95. The lowest BCUT2D eigenvalue weighted by molar-refractivity contribution is -0.137. The third-order valence-corrected chi connectivity index (χ3v) is 5.73. The number of anilines is 2. The van der Waals surface area contributed by atoms with E-state index in [9.17, 15) is 18.0 Å². The summed E-state index contributed by atoms with van der Waals surface area (Å²) in [6.07, 6.45) is -3.15. The van der Waals surface area contributed by atoms with E-state index >= 15 is 0 Å². The Balaban J connectivity index is 1.58. The zero-order valence-corrected chi connectivity index (χ0v) is 19.3. The Morgan fingerprint density at radius 3 is 2.61 bits per heavy atom. The number of amides is 1. The van der Waals surface area contributed by atoms with Gasteiger partial charge in [-0.05, 0) is 30.3 Å². The summed E-state index contributed by atoms with van der Waals surface area (Å²) in [6, 6.07) is 7.50. The number of nitrogens with zero attached hydrogens (tertiary/aromatic N) is 4. The van der Waals surface area contributed by atoms with Gasteiger partial charge in [0.2, 0.25) is 11.1 Å². The number of carbonyl (C=O) groups is 1. The Morgan fingerprint density at radius 1 is 1.15 bits per heavy atom. The van der Waals surface area contributed by atoms with E-state index in [0.29, 0.717) is 15.6 Å². The normalized spacial score (nSPS) is 11.7. The van der Waals surface area contributed by atoms with Gasteiger partial charge in [0.05, 0.1) is 33.3 Å². The van der Waals surface area contributed by atoms with Crippen molar-refractivity contribution in [2.75, 3.05) is 22.3 Å². The summed E-state index contributed by atoms with van der Waals surface area (Å²) in [6.45, 7) is 0. The van der Waals surface area contributed by atoms with Crippen LogP contribution in [0, 0.1) is 0 Å². The van der Waals surface area contributed by atoms with E-state index in [1.807, 2.05) is 0 Å². The summed E-state index contributed by atoms with van der Waals surface area (Å²) >= 11 is 18.7. The maximum absolute atomic E-state index is 12.9. The average molecular weight is 539 g/mol. The second-order valence-electron chi connectivity index (χ2n) is 6.24. The second kappa shape index (κ2) is 10.5. The first-order valence-corrected chi connectivity index (χ1v) is 10.9. The Bertz CT molecular complexity index is 1200. The predicted molar refractivity (Wildman–Crippen MR) is 124 cm³/mol. The Morgan fingerprint density at radius 2 is 1.91 bits per heavy atom. The number of benzene rings is 2. The minimum Gasteiger partial charge on any atom is -0.334 e. The van der Waals surface area contributed by atoms with Crippen molar-refractivity contribution in [1.29, 1.82) is 0 Å². The zero-order chi connectivity index (χ0) is 24.2. The van der Waals surface area contributed by atoms with Gasteiger partial charge >= 0.3 is 6.18 Å². The monoisotopic (exact) mass is 537 g/mol. The fourth-order valence-electron chi connectivity index (χ4n) is 2.33.